The van der Waals surface area contributed by atoms with E-state index in [-0.39, 0.29) is 10.7 Å². The highest BCUT2D eigenvalue weighted by atomic mass is 35.5. The molecule has 0 saturated carbocycles. The van der Waals surface area contributed by atoms with Gasteiger partial charge in [-0.05, 0) is 25.5 Å². The standard InChI is InChI=1S/C11H13ClN2O3/c12-10-6-9(3-4-11(10)14(15)16)17-7-8-2-1-5-13-8/h3-4,6,8,13H,1-2,5,7H2/t8-/m1/s1. The number of nitro benzene ring substituents is 1. The first kappa shape index (κ1) is 12.1. The second kappa shape index (κ2) is 5.33. The third-order valence-electron chi connectivity index (χ3n) is 2.73. The number of hydrogen-bond donors (Lipinski definition) is 1. The second-order valence-electron chi connectivity index (χ2n) is 3.97. The van der Waals surface area contributed by atoms with Crippen LogP contribution in [0.3, 0.4) is 0 Å². The maximum absolute atomic E-state index is 10.6. The quantitative estimate of drug-likeness (QED) is 0.664. The van der Waals surface area contributed by atoms with Crippen LogP contribution in [0.1, 0.15) is 12.8 Å². The molecule has 2 rings (SSSR count). The zero-order chi connectivity index (χ0) is 12.3. The first-order valence-electron chi connectivity index (χ1n) is 5.47. The van der Waals surface area contributed by atoms with Crippen LogP contribution in [0.2, 0.25) is 5.02 Å². The Labute approximate surface area is 104 Å². The van der Waals surface area contributed by atoms with E-state index in [0.717, 1.165) is 19.4 Å². The summed E-state index contributed by atoms with van der Waals surface area (Å²) in [7, 11) is 0. The first-order chi connectivity index (χ1) is 8.16. The topological polar surface area (TPSA) is 64.4 Å². The van der Waals surface area contributed by atoms with E-state index in [2.05, 4.69) is 5.32 Å². The second-order valence-corrected chi connectivity index (χ2v) is 4.38. The SMILES string of the molecule is O=[N+]([O-])c1ccc(OC[C@H]2CCCN2)cc1Cl. The molecule has 1 N–H and O–H groups in total. The Balaban J connectivity index is 1.97. The highest BCUT2D eigenvalue weighted by Gasteiger charge is 2.16. The lowest BCUT2D eigenvalue weighted by atomic mass is 10.2. The van der Waals surface area contributed by atoms with Gasteiger partial charge in [-0.15, -0.1) is 0 Å². The highest BCUT2D eigenvalue weighted by Crippen LogP contribution is 2.28. The molecule has 0 aliphatic carbocycles. The van der Waals surface area contributed by atoms with Gasteiger partial charge in [0.2, 0.25) is 0 Å². The Morgan fingerprint density at radius 3 is 3.00 bits per heavy atom. The average molecular weight is 257 g/mol. The summed E-state index contributed by atoms with van der Waals surface area (Å²) in [5.74, 6) is 0.564. The minimum atomic E-state index is -0.509. The molecule has 1 aromatic rings. The van der Waals surface area contributed by atoms with E-state index < -0.39 is 4.92 Å². The Bertz CT molecular complexity index is 419. The fraction of sp³-hybridized carbons (Fsp3) is 0.455. The van der Waals surface area contributed by atoms with Crippen molar-refractivity contribution >= 4 is 17.3 Å². The van der Waals surface area contributed by atoms with E-state index in [0.29, 0.717) is 18.4 Å². The molecular formula is C11H13ClN2O3. The summed E-state index contributed by atoms with van der Waals surface area (Å²) in [6.07, 6.45) is 2.26. The van der Waals surface area contributed by atoms with Crippen molar-refractivity contribution in [3.8, 4) is 5.75 Å². The molecule has 17 heavy (non-hydrogen) atoms. The third kappa shape index (κ3) is 3.08. The summed E-state index contributed by atoms with van der Waals surface area (Å²) in [4.78, 5) is 10.1. The summed E-state index contributed by atoms with van der Waals surface area (Å²) in [5, 5.41) is 14.0. The van der Waals surface area contributed by atoms with Crippen LogP contribution < -0.4 is 10.1 Å². The van der Waals surface area contributed by atoms with Crippen molar-refractivity contribution in [1.29, 1.82) is 0 Å². The van der Waals surface area contributed by atoms with Crippen molar-refractivity contribution in [2.24, 2.45) is 0 Å². The molecule has 1 fully saturated rings. The molecule has 6 heteroatoms. The third-order valence-corrected chi connectivity index (χ3v) is 3.03. The predicted molar refractivity (Wildman–Crippen MR) is 64.6 cm³/mol. The van der Waals surface area contributed by atoms with Gasteiger partial charge in [0.15, 0.2) is 0 Å². The zero-order valence-electron chi connectivity index (χ0n) is 9.19. The van der Waals surface area contributed by atoms with Gasteiger partial charge in [-0.25, -0.2) is 0 Å². The van der Waals surface area contributed by atoms with Crippen LogP contribution in [0, 0.1) is 10.1 Å². The molecule has 1 aliphatic rings. The fourth-order valence-corrected chi connectivity index (χ4v) is 2.06. The van der Waals surface area contributed by atoms with Crippen molar-refractivity contribution < 1.29 is 9.66 Å². The summed E-state index contributed by atoms with van der Waals surface area (Å²) in [5.41, 5.74) is -0.0991. The Kier molecular flexibility index (Phi) is 3.81. The van der Waals surface area contributed by atoms with Gasteiger partial charge in [0, 0.05) is 18.2 Å². The number of nitrogens with zero attached hydrogens (tertiary/aromatic N) is 1. The van der Waals surface area contributed by atoms with Gasteiger partial charge in [-0.3, -0.25) is 10.1 Å². The molecule has 5 nitrogen and oxygen atoms in total. The summed E-state index contributed by atoms with van der Waals surface area (Å²) in [6, 6.07) is 4.77. The van der Waals surface area contributed by atoms with E-state index >= 15 is 0 Å². The van der Waals surface area contributed by atoms with Crippen LogP contribution in [0.25, 0.3) is 0 Å². The predicted octanol–water partition coefficient (Wildman–Crippen LogP) is 2.38. The van der Waals surface area contributed by atoms with E-state index in [1.54, 1.807) is 6.07 Å². The minimum Gasteiger partial charge on any atom is -0.492 e. The maximum atomic E-state index is 10.6. The zero-order valence-corrected chi connectivity index (χ0v) is 9.94. The number of benzene rings is 1. The summed E-state index contributed by atoms with van der Waals surface area (Å²) < 4.78 is 5.54. The Morgan fingerprint density at radius 2 is 2.41 bits per heavy atom. The fourth-order valence-electron chi connectivity index (χ4n) is 1.82. The summed E-state index contributed by atoms with van der Waals surface area (Å²) >= 11 is 5.78. The van der Waals surface area contributed by atoms with Crippen LogP contribution >= 0.6 is 11.6 Å². The molecule has 1 atom stereocenters. The van der Waals surface area contributed by atoms with Gasteiger partial charge < -0.3 is 10.1 Å². The van der Waals surface area contributed by atoms with Crippen molar-refractivity contribution in [3.05, 3.63) is 33.3 Å². The number of halogens is 1. The summed E-state index contributed by atoms with van der Waals surface area (Å²) in [6.45, 7) is 1.59. The lowest BCUT2D eigenvalue weighted by Gasteiger charge is -2.12. The van der Waals surface area contributed by atoms with Crippen molar-refractivity contribution in [2.45, 2.75) is 18.9 Å². The van der Waals surface area contributed by atoms with Crippen molar-refractivity contribution in [1.82, 2.24) is 5.32 Å². The minimum absolute atomic E-state index is 0.0991. The molecule has 0 radical (unpaired) electrons. The molecule has 0 amide bonds. The molecule has 1 saturated heterocycles. The number of rotatable bonds is 4. The molecule has 0 spiro atoms. The smallest absolute Gasteiger partial charge is 0.288 e. The van der Waals surface area contributed by atoms with Gasteiger partial charge in [0.25, 0.3) is 5.69 Å². The molecule has 92 valence electrons. The monoisotopic (exact) mass is 256 g/mol. The molecule has 1 heterocycles. The van der Waals surface area contributed by atoms with Crippen LogP contribution in [-0.4, -0.2) is 24.1 Å². The van der Waals surface area contributed by atoms with Crippen LogP contribution in [-0.2, 0) is 0 Å². The van der Waals surface area contributed by atoms with Gasteiger partial charge >= 0.3 is 0 Å². The van der Waals surface area contributed by atoms with Gasteiger partial charge in [-0.2, -0.15) is 0 Å². The van der Waals surface area contributed by atoms with E-state index in [1.165, 1.54) is 12.1 Å². The molecule has 1 aliphatic heterocycles. The molecule has 0 bridgehead atoms. The average Bonchev–Trinajstić information content (AvgIpc) is 2.78. The van der Waals surface area contributed by atoms with E-state index in [9.17, 15) is 10.1 Å². The Morgan fingerprint density at radius 1 is 1.59 bits per heavy atom. The van der Waals surface area contributed by atoms with Gasteiger partial charge in [0.05, 0.1) is 4.92 Å². The Hall–Kier alpha value is -1.33. The maximum Gasteiger partial charge on any atom is 0.288 e. The molecule has 0 unspecified atom stereocenters. The van der Waals surface area contributed by atoms with E-state index in [4.69, 9.17) is 16.3 Å². The lowest BCUT2D eigenvalue weighted by molar-refractivity contribution is -0.384. The van der Waals surface area contributed by atoms with Crippen LogP contribution in [0.5, 0.6) is 5.75 Å². The lowest BCUT2D eigenvalue weighted by Crippen LogP contribution is -2.28. The van der Waals surface area contributed by atoms with Gasteiger partial charge in [0.1, 0.15) is 17.4 Å². The first-order valence-corrected chi connectivity index (χ1v) is 5.85. The largest absolute Gasteiger partial charge is 0.492 e. The number of nitrogens with one attached hydrogen (secondary N) is 1. The van der Waals surface area contributed by atoms with Crippen LogP contribution in [0.15, 0.2) is 18.2 Å². The molecular weight excluding hydrogens is 244 g/mol. The van der Waals surface area contributed by atoms with Crippen molar-refractivity contribution in [3.63, 3.8) is 0 Å². The normalized spacial score (nSPS) is 19.2. The van der Waals surface area contributed by atoms with Crippen molar-refractivity contribution in [2.75, 3.05) is 13.2 Å². The number of hydrogen-bond acceptors (Lipinski definition) is 4. The number of ether oxygens (including phenoxy) is 1. The molecule has 0 aromatic heterocycles. The highest BCUT2D eigenvalue weighted by molar-refractivity contribution is 6.32. The van der Waals surface area contributed by atoms with E-state index in [1.807, 2.05) is 0 Å². The molecule has 1 aromatic carbocycles. The number of nitro groups is 1. The van der Waals surface area contributed by atoms with Gasteiger partial charge in [-0.1, -0.05) is 11.6 Å². The van der Waals surface area contributed by atoms with Crippen LogP contribution in [0.4, 0.5) is 5.69 Å².